The number of rotatable bonds is 1. The van der Waals surface area contributed by atoms with E-state index in [-0.39, 0.29) is 11.3 Å². The third-order valence-electron chi connectivity index (χ3n) is 7.62. The van der Waals surface area contributed by atoms with Crippen molar-refractivity contribution in [3.63, 3.8) is 0 Å². The predicted molar refractivity (Wildman–Crippen MR) is 91.6 cm³/mol. The Bertz CT molecular complexity index is 662. The third kappa shape index (κ3) is 2.03. The summed E-state index contributed by atoms with van der Waals surface area (Å²) < 4.78 is 0. The van der Waals surface area contributed by atoms with Crippen molar-refractivity contribution < 1.29 is 9.90 Å². The molecule has 2 saturated carbocycles. The van der Waals surface area contributed by atoms with Crippen molar-refractivity contribution in [3.05, 3.63) is 28.8 Å². The average Bonchev–Trinajstić information content (AvgIpc) is 2.88. The second kappa shape index (κ2) is 5.09. The number of Topliss-reactive ketones (excluding diaryl/α,β-unsaturated/α-hetero) is 1. The molecule has 2 fully saturated rings. The summed E-state index contributed by atoms with van der Waals surface area (Å²) in [5.41, 5.74) is 4.21. The number of carbonyl (C=O) groups is 1. The Hall–Kier alpha value is -1.31. The van der Waals surface area contributed by atoms with Gasteiger partial charge >= 0.3 is 0 Å². The van der Waals surface area contributed by atoms with Crippen LogP contribution >= 0.6 is 0 Å². The summed E-state index contributed by atoms with van der Waals surface area (Å²) in [4.78, 5) is 12.1. The molecule has 23 heavy (non-hydrogen) atoms. The molecule has 1 N–H and O–H groups in total. The molecule has 0 bridgehead atoms. The molecule has 0 radical (unpaired) electrons. The zero-order valence-electron chi connectivity index (χ0n) is 14.6. The van der Waals surface area contributed by atoms with Gasteiger partial charge in [0.05, 0.1) is 0 Å². The van der Waals surface area contributed by atoms with Crippen LogP contribution in [0.15, 0.2) is 12.1 Å². The van der Waals surface area contributed by atoms with E-state index in [4.69, 9.17) is 0 Å². The van der Waals surface area contributed by atoms with Crippen molar-refractivity contribution in [2.75, 3.05) is 0 Å². The van der Waals surface area contributed by atoms with Crippen LogP contribution < -0.4 is 0 Å². The minimum atomic E-state index is 0.217. The van der Waals surface area contributed by atoms with Gasteiger partial charge in [-0.05, 0) is 98.3 Å². The van der Waals surface area contributed by atoms with Gasteiger partial charge < -0.3 is 5.11 Å². The van der Waals surface area contributed by atoms with E-state index < -0.39 is 0 Å². The van der Waals surface area contributed by atoms with Gasteiger partial charge in [0.2, 0.25) is 0 Å². The summed E-state index contributed by atoms with van der Waals surface area (Å²) in [6.07, 6.45) is 7.04. The smallest absolute Gasteiger partial charge is 0.133 e. The molecule has 5 unspecified atom stereocenters. The zero-order valence-corrected chi connectivity index (χ0v) is 14.6. The first-order valence-electron chi connectivity index (χ1n) is 9.25. The minimum Gasteiger partial charge on any atom is -0.508 e. The van der Waals surface area contributed by atoms with Crippen LogP contribution in [0.4, 0.5) is 0 Å². The maximum Gasteiger partial charge on any atom is 0.133 e. The molecule has 0 spiro atoms. The van der Waals surface area contributed by atoms with Crippen molar-refractivity contribution in [1.82, 2.24) is 0 Å². The fourth-order valence-corrected chi connectivity index (χ4v) is 6.55. The monoisotopic (exact) mass is 312 g/mol. The molecule has 0 aliphatic heterocycles. The van der Waals surface area contributed by atoms with Gasteiger partial charge in [0, 0.05) is 5.92 Å². The van der Waals surface area contributed by atoms with E-state index >= 15 is 0 Å². The number of aromatic hydroxyl groups is 1. The van der Waals surface area contributed by atoms with Crippen LogP contribution in [0, 0.1) is 30.1 Å². The second-order valence-electron chi connectivity index (χ2n) is 8.48. The Morgan fingerprint density at radius 2 is 2.00 bits per heavy atom. The Balaban J connectivity index is 1.73. The quantitative estimate of drug-likeness (QED) is 0.811. The van der Waals surface area contributed by atoms with Crippen LogP contribution in [-0.4, -0.2) is 10.9 Å². The number of aryl methyl sites for hydroxylation is 1. The lowest BCUT2D eigenvalue weighted by Gasteiger charge is -2.51. The first-order chi connectivity index (χ1) is 10.9. The van der Waals surface area contributed by atoms with Gasteiger partial charge in [0.1, 0.15) is 11.5 Å². The molecule has 2 nitrogen and oxygen atoms in total. The summed E-state index contributed by atoms with van der Waals surface area (Å²) in [7, 11) is 0. The standard InChI is InChI=1S/C21H28O2/c1-12-19(23)9-5-14-4-6-15-16(20(12)14)10-11-21(3)17(13(2)22)7-8-18(15)21/h5,9,15-18,23H,4,6-8,10-11H2,1-3H3. The highest BCUT2D eigenvalue weighted by atomic mass is 16.3. The number of fused-ring (bicyclic) bond motifs is 5. The molecule has 0 amide bonds. The maximum absolute atomic E-state index is 12.1. The molecule has 1 aromatic carbocycles. The zero-order chi connectivity index (χ0) is 16.4. The van der Waals surface area contributed by atoms with Crippen LogP contribution in [0.2, 0.25) is 0 Å². The first-order valence-corrected chi connectivity index (χ1v) is 9.25. The van der Waals surface area contributed by atoms with E-state index in [1.165, 1.54) is 30.4 Å². The van der Waals surface area contributed by atoms with Crippen LogP contribution in [0.25, 0.3) is 0 Å². The first kappa shape index (κ1) is 15.2. The Kier molecular flexibility index (Phi) is 3.37. The number of hydrogen-bond acceptors (Lipinski definition) is 2. The molecule has 1 aromatic rings. The van der Waals surface area contributed by atoms with E-state index in [2.05, 4.69) is 19.9 Å². The van der Waals surface area contributed by atoms with Crippen LogP contribution in [0.3, 0.4) is 0 Å². The molecule has 124 valence electrons. The summed E-state index contributed by atoms with van der Waals surface area (Å²) in [5, 5.41) is 10.2. The van der Waals surface area contributed by atoms with Gasteiger partial charge in [-0.3, -0.25) is 4.79 Å². The summed E-state index contributed by atoms with van der Waals surface area (Å²) in [5.74, 6) is 3.11. The Morgan fingerprint density at radius 3 is 2.74 bits per heavy atom. The largest absolute Gasteiger partial charge is 0.508 e. The molecule has 5 atom stereocenters. The van der Waals surface area contributed by atoms with Crippen LogP contribution in [0.5, 0.6) is 5.75 Å². The van der Waals surface area contributed by atoms with Crippen molar-refractivity contribution >= 4 is 5.78 Å². The fraction of sp³-hybridized carbons (Fsp3) is 0.667. The molecule has 0 aromatic heterocycles. The number of ketones is 1. The summed E-state index contributed by atoms with van der Waals surface area (Å²) >= 11 is 0. The lowest BCUT2D eigenvalue weighted by atomic mass is 9.53. The SMILES string of the molecule is CC(=O)C1CCC2C3CCc4ccc(O)c(C)c4C3CCC12C. The van der Waals surface area contributed by atoms with Crippen molar-refractivity contribution in [3.8, 4) is 5.75 Å². The number of phenols is 1. The molecule has 4 rings (SSSR count). The molecule has 2 heteroatoms. The van der Waals surface area contributed by atoms with Gasteiger partial charge in [0.15, 0.2) is 0 Å². The number of carbonyl (C=O) groups excluding carboxylic acids is 1. The van der Waals surface area contributed by atoms with Gasteiger partial charge in [-0.2, -0.15) is 0 Å². The molecule has 3 aliphatic rings. The molecular formula is C21H28O2. The van der Waals surface area contributed by atoms with E-state index in [0.29, 0.717) is 29.3 Å². The lowest BCUT2D eigenvalue weighted by Crippen LogP contribution is -2.43. The predicted octanol–water partition coefficient (Wildman–Crippen LogP) is 4.76. The normalized spacial score (nSPS) is 38.6. The van der Waals surface area contributed by atoms with Crippen LogP contribution in [-0.2, 0) is 11.2 Å². The molecule has 3 aliphatic carbocycles. The highest BCUT2D eigenvalue weighted by molar-refractivity contribution is 5.79. The van der Waals surface area contributed by atoms with Crippen LogP contribution in [0.1, 0.15) is 68.6 Å². The van der Waals surface area contributed by atoms with Crippen molar-refractivity contribution in [2.24, 2.45) is 23.2 Å². The molecular weight excluding hydrogens is 284 g/mol. The Labute approximate surface area is 139 Å². The number of benzene rings is 1. The van der Waals surface area contributed by atoms with E-state index in [1.807, 2.05) is 6.07 Å². The fourth-order valence-electron chi connectivity index (χ4n) is 6.55. The Morgan fingerprint density at radius 1 is 1.22 bits per heavy atom. The van der Waals surface area contributed by atoms with E-state index in [0.717, 1.165) is 24.8 Å². The highest BCUT2D eigenvalue weighted by Crippen LogP contribution is 2.63. The summed E-state index contributed by atoms with van der Waals surface area (Å²) in [6.45, 7) is 6.26. The molecule has 0 saturated heterocycles. The van der Waals surface area contributed by atoms with E-state index in [9.17, 15) is 9.90 Å². The van der Waals surface area contributed by atoms with E-state index in [1.54, 1.807) is 6.92 Å². The maximum atomic E-state index is 12.1. The topological polar surface area (TPSA) is 37.3 Å². The van der Waals surface area contributed by atoms with Gasteiger partial charge in [-0.1, -0.05) is 13.0 Å². The molecule has 0 heterocycles. The summed E-state index contributed by atoms with van der Waals surface area (Å²) in [6, 6.07) is 4.00. The lowest BCUT2D eigenvalue weighted by molar-refractivity contribution is -0.125. The van der Waals surface area contributed by atoms with Gasteiger partial charge in [-0.25, -0.2) is 0 Å². The average molecular weight is 312 g/mol. The van der Waals surface area contributed by atoms with Gasteiger partial charge in [-0.15, -0.1) is 0 Å². The number of phenolic OH excluding ortho intramolecular Hbond substituents is 1. The van der Waals surface area contributed by atoms with Crippen molar-refractivity contribution in [1.29, 1.82) is 0 Å². The highest BCUT2D eigenvalue weighted by Gasteiger charge is 2.55. The third-order valence-corrected chi connectivity index (χ3v) is 7.62. The van der Waals surface area contributed by atoms with Crippen molar-refractivity contribution in [2.45, 2.75) is 65.2 Å². The second-order valence-corrected chi connectivity index (χ2v) is 8.48. The van der Waals surface area contributed by atoms with Gasteiger partial charge in [0.25, 0.3) is 0 Å². The minimum absolute atomic E-state index is 0.217. The number of hydrogen-bond donors (Lipinski definition) is 1.